The first-order valence-corrected chi connectivity index (χ1v) is 6.23. The van der Waals surface area contributed by atoms with Gasteiger partial charge in [0, 0.05) is 12.1 Å². The molecule has 0 aliphatic carbocycles. The van der Waals surface area contributed by atoms with Crippen molar-refractivity contribution in [1.82, 2.24) is 15.2 Å². The Hall–Kier alpha value is -2.14. The van der Waals surface area contributed by atoms with E-state index in [2.05, 4.69) is 10.5 Å². The molecule has 2 aromatic rings. The monoisotopic (exact) mass is 258 g/mol. The van der Waals surface area contributed by atoms with Gasteiger partial charge in [-0.05, 0) is 38.0 Å². The summed E-state index contributed by atoms with van der Waals surface area (Å²) in [6, 6.07) is 9.95. The molecule has 1 aromatic carbocycles. The van der Waals surface area contributed by atoms with Gasteiger partial charge in [-0.25, -0.2) is 10.5 Å². The fraction of sp³-hybridized carbons (Fsp3) is 0.286. The number of carbonyl (C=O) groups excluding carboxylic acids is 1. The molecule has 0 atom stereocenters. The van der Waals surface area contributed by atoms with Gasteiger partial charge in [-0.1, -0.05) is 18.2 Å². The zero-order valence-electron chi connectivity index (χ0n) is 11.2. The molecular weight excluding hydrogens is 240 g/mol. The van der Waals surface area contributed by atoms with Gasteiger partial charge in [0.2, 0.25) is 5.91 Å². The number of para-hydroxylation sites is 1. The molecule has 0 unspecified atom stereocenters. The molecule has 2 rings (SSSR count). The fourth-order valence-electron chi connectivity index (χ4n) is 2.17. The van der Waals surface area contributed by atoms with Crippen LogP contribution in [0.1, 0.15) is 23.4 Å². The van der Waals surface area contributed by atoms with Crippen molar-refractivity contribution >= 4 is 5.91 Å². The summed E-state index contributed by atoms with van der Waals surface area (Å²) in [5.74, 6) is 4.93. The van der Waals surface area contributed by atoms with Crippen molar-refractivity contribution in [2.24, 2.45) is 5.84 Å². The van der Waals surface area contributed by atoms with Crippen molar-refractivity contribution in [1.29, 1.82) is 0 Å². The molecule has 0 saturated carbocycles. The second-order valence-electron chi connectivity index (χ2n) is 4.46. The maximum Gasteiger partial charge on any atom is 0.234 e. The smallest absolute Gasteiger partial charge is 0.234 e. The van der Waals surface area contributed by atoms with E-state index < -0.39 is 0 Å². The number of nitrogens with one attached hydrogen (secondary N) is 1. The van der Waals surface area contributed by atoms with E-state index in [-0.39, 0.29) is 5.91 Å². The van der Waals surface area contributed by atoms with Crippen LogP contribution in [0.5, 0.6) is 0 Å². The highest BCUT2D eigenvalue weighted by molar-refractivity contribution is 5.75. The number of carbonyl (C=O) groups is 1. The second kappa shape index (κ2) is 5.67. The molecule has 0 bridgehead atoms. The molecule has 3 N–H and O–H groups in total. The number of nitrogens with two attached hydrogens (primary N) is 1. The minimum atomic E-state index is -0.161. The zero-order chi connectivity index (χ0) is 13.8. The Morgan fingerprint density at radius 2 is 2.00 bits per heavy atom. The van der Waals surface area contributed by atoms with Crippen LogP contribution in [0.25, 0.3) is 5.69 Å². The molecule has 0 spiro atoms. The Bertz CT molecular complexity index is 575. The van der Waals surface area contributed by atoms with Crippen LogP contribution in [0.3, 0.4) is 0 Å². The van der Waals surface area contributed by atoms with Gasteiger partial charge in [-0.3, -0.25) is 10.2 Å². The lowest BCUT2D eigenvalue weighted by Crippen LogP contribution is -2.30. The standard InChI is InChI=1S/C14H18N4O/c1-10-13(8-9-14(19)16-15)11(2)18(17-10)12-6-4-3-5-7-12/h3-7H,8-9,15H2,1-2H3,(H,16,19). The molecule has 1 heterocycles. The molecule has 5 nitrogen and oxygen atoms in total. The van der Waals surface area contributed by atoms with E-state index in [1.54, 1.807) is 0 Å². The number of hydrogen-bond donors (Lipinski definition) is 2. The summed E-state index contributed by atoms with van der Waals surface area (Å²) in [6.45, 7) is 3.98. The number of aryl methyl sites for hydroxylation is 1. The third-order valence-electron chi connectivity index (χ3n) is 3.20. The molecule has 1 amide bonds. The zero-order valence-corrected chi connectivity index (χ0v) is 11.2. The average Bonchev–Trinajstić information content (AvgIpc) is 2.72. The Kier molecular flexibility index (Phi) is 3.97. The van der Waals surface area contributed by atoms with Gasteiger partial charge in [0.15, 0.2) is 0 Å². The molecule has 1 aromatic heterocycles. The number of nitrogens with zero attached hydrogens (tertiary/aromatic N) is 2. The van der Waals surface area contributed by atoms with Gasteiger partial charge in [-0.2, -0.15) is 5.10 Å². The highest BCUT2D eigenvalue weighted by Gasteiger charge is 2.13. The summed E-state index contributed by atoms with van der Waals surface area (Å²) < 4.78 is 1.91. The quantitative estimate of drug-likeness (QED) is 0.495. The lowest BCUT2D eigenvalue weighted by atomic mass is 10.1. The number of amides is 1. The Morgan fingerprint density at radius 3 is 2.63 bits per heavy atom. The molecule has 0 fully saturated rings. The Labute approximate surface area is 112 Å². The van der Waals surface area contributed by atoms with E-state index >= 15 is 0 Å². The SMILES string of the molecule is Cc1nn(-c2ccccc2)c(C)c1CCC(=O)NN. The van der Waals surface area contributed by atoms with Crippen LogP contribution in [0.15, 0.2) is 30.3 Å². The average molecular weight is 258 g/mol. The topological polar surface area (TPSA) is 72.9 Å². The van der Waals surface area contributed by atoms with E-state index in [0.717, 1.165) is 22.6 Å². The molecule has 0 aliphatic heterocycles. The first kappa shape index (κ1) is 13.3. The summed E-state index contributed by atoms with van der Waals surface area (Å²) >= 11 is 0. The van der Waals surface area contributed by atoms with Gasteiger partial charge in [0.1, 0.15) is 0 Å². The number of aromatic nitrogens is 2. The molecule has 0 saturated heterocycles. The third-order valence-corrected chi connectivity index (χ3v) is 3.20. The molecule has 100 valence electrons. The lowest BCUT2D eigenvalue weighted by Gasteiger charge is -2.05. The highest BCUT2D eigenvalue weighted by Crippen LogP contribution is 2.19. The Morgan fingerprint density at radius 1 is 1.32 bits per heavy atom. The summed E-state index contributed by atoms with van der Waals surface area (Å²) in [4.78, 5) is 11.2. The fourth-order valence-corrected chi connectivity index (χ4v) is 2.17. The predicted octanol–water partition coefficient (Wildman–Crippen LogP) is 1.41. The molecule has 0 radical (unpaired) electrons. The van der Waals surface area contributed by atoms with Crippen molar-refractivity contribution < 1.29 is 4.79 Å². The van der Waals surface area contributed by atoms with Crippen LogP contribution in [-0.2, 0) is 11.2 Å². The maximum absolute atomic E-state index is 11.2. The Balaban J connectivity index is 2.27. The van der Waals surface area contributed by atoms with E-state index in [1.165, 1.54) is 0 Å². The van der Waals surface area contributed by atoms with Gasteiger partial charge in [-0.15, -0.1) is 0 Å². The second-order valence-corrected chi connectivity index (χ2v) is 4.46. The number of hydrogen-bond acceptors (Lipinski definition) is 3. The summed E-state index contributed by atoms with van der Waals surface area (Å²) in [5.41, 5.74) is 6.29. The minimum absolute atomic E-state index is 0.161. The van der Waals surface area contributed by atoms with E-state index in [9.17, 15) is 4.79 Å². The van der Waals surface area contributed by atoms with Gasteiger partial charge in [0.05, 0.1) is 11.4 Å². The van der Waals surface area contributed by atoms with Crippen LogP contribution >= 0.6 is 0 Å². The highest BCUT2D eigenvalue weighted by atomic mass is 16.2. The van der Waals surface area contributed by atoms with Crippen molar-refractivity contribution in [2.45, 2.75) is 26.7 Å². The van der Waals surface area contributed by atoms with Crippen molar-refractivity contribution in [3.05, 3.63) is 47.3 Å². The van der Waals surface area contributed by atoms with Crippen LogP contribution < -0.4 is 11.3 Å². The van der Waals surface area contributed by atoms with E-state index in [4.69, 9.17) is 5.84 Å². The van der Waals surface area contributed by atoms with E-state index in [1.807, 2.05) is 48.9 Å². The van der Waals surface area contributed by atoms with Crippen molar-refractivity contribution in [3.8, 4) is 5.69 Å². The number of hydrazine groups is 1. The maximum atomic E-state index is 11.2. The molecule has 5 heteroatoms. The normalized spacial score (nSPS) is 10.5. The predicted molar refractivity (Wildman–Crippen MR) is 73.7 cm³/mol. The van der Waals surface area contributed by atoms with Gasteiger partial charge in [0.25, 0.3) is 0 Å². The van der Waals surface area contributed by atoms with Crippen LogP contribution in [0.2, 0.25) is 0 Å². The summed E-state index contributed by atoms with van der Waals surface area (Å²) in [5, 5.41) is 4.54. The summed E-state index contributed by atoms with van der Waals surface area (Å²) in [6.07, 6.45) is 1.02. The van der Waals surface area contributed by atoms with Crippen LogP contribution in [0, 0.1) is 13.8 Å². The lowest BCUT2D eigenvalue weighted by molar-refractivity contribution is -0.121. The molecule has 19 heavy (non-hydrogen) atoms. The number of rotatable bonds is 4. The van der Waals surface area contributed by atoms with Crippen molar-refractivity contribution in [2.75, 3.05) is 0 Å². The third kappa shape index (κ3) is 2.82. The van der Waals surface area contributed by atoms with Crippen LogP contribution in [-0.4, -0.2) is 15.7 Å². The van der Waals surface area contributed by atoms with Crippen molar-refractivity contribution in [3.63, 3.8) is 0 Å². The summed E-state index contributed by atoms with van der Waals surface area (Å²) in [7, 11) is 0. The van der Waals surface area contributed by atoms with E-state index in [0.29, 0.717) is 12.8 Å². The first-order chi connectivity index (χ1) is 9.13. The molecular formula is C14H18N4O. The van der Waals surface area contributed by atoms with Crippen LogP contribution in [0.4, 0.5) is 0 Å². The first-order valence-electron chi connectivity index (χ1n) is 6.23. The molecule has 0 aliphatic rings. The number of benzene rings is 1. The van der Waals surface area contributed by atoms with Gasteiger partial charge >= 0.3 is 0 Å². The largest absolute Gasteiger partial charge is 0.294 e. The van der Waals surface area contributed by atoms with Gasteiger partial charge < -0.3 is 0 Å². The minimum Gasteiger partial charge on any atom is -0.294 e.